The molecule has 0 aromatic carbocycles. The Morgan fingerprint density at radius 3 is 2.57 bits per heavy atom. The molecule has 154 valence electrons. The van der Waals surface area contributed by atoms with Crippen molar-refractivity contribution in [3.8, 4) is 6.01 Å². The number of rotatable bonds is 4. The van der Waals surface area contributed by atoms with Crippen molar-refractivity contribution >= 4 is 11.9 Å². The molecule has 0 bridgehead atoms. The lowest BCUT2D eigenvalue weighted by Crippen LogP contribution is -2.56. The van der Waals surface area contributed by atoms with Crippen LogP contribution < -0.4 is 4.74 Å². The van der Waals surface area contributed by atoms with Crippen LogP contribution in [0.3, 0.4) is 0 Å². The van der Waals surface area contributed by atoms with Crippen molar-refractivity contribution in [2.24, 2.45) is 0 Å². The molecule has 4 heterocycles. The third-order valence-electron chi connectivity index (χ3n) is 5.97. The lowest BCUT2D eigenvalue weighted by atomic mass is 10.0. The number of ether oxygens (including phenoxy) is 1. The maximum atomic E-state index is 11.0. The molecule has 1 aromatic rings. The van der Waals surface area contributed by atoms with Gasteiger partial charge in [0.15, 0.2) is 0 Å². The van der Waals surface area contributed by atoms with Gasteiger partial charge in [0.05, 0.1) is 6.54 Å². The number of imidazole rings is 1. The summed E-state index contributed by atoms with van der Waals surface area (Å²) in [6.07, 6.45) is 2.40. The highest BCUT2D eigenvalue weighted by Gasteiger charge is 2.42. The molecule has 0 unspecified atom stereocenters. The monoisotopic (exact) mass is 394 g/mol. The lowest BCUT2D eigenvalue weighted by Gasteiger charge is -2.43. The number of carboxylic acid groups (broad SMARTS) is 1. The zero-order valence-electron chi connectivity index (χ0n) is 16.0. The van der Waals surface area contributed by atoms with Crippen molar-refractivity contribution in [1.29, 1.82) is 0 Å². The van der Waals surface area contributed by atoms with E-state index in [-0.39, 0.29) is 5.82 Å². The van der Waals surface area contributed by atoms with E-state index in [9.17, 15) is 14.9 Å². The van der Waals surface area contributed by atoms with E-state index in [1.54, 1.807) is 4.57 Å². The molecule has 1 N–H and O–H groups in total. The molecular formula is C17H26N6O5. The van der Waals surface area contributed by atoms with Crippen LogP contribution in [0.15, 0.2) is 6.20 Å². The number of amides is 1. The number of likely N-dealkylation sites (tertiary alicyclic amines) is 1. The Hall–Kier alpha value is -2.40. The molecule has 2 fully saturated rings. The molecule has 2 saturated heterocycles. The number of fused-ring (bicyclic) bond motifs is 1. The Bertz CT molecular complexity index is 728. The maximum Gasteiger partial charge on any atom is 0.415 e. The van der Waals surface area contributed by atoms with Crippen LogP contribution in [0.5, 0.6) is 6.01 Å². The third kappa shape index (κ3) is 3.76. The molecule has 11 nitrogen and oxygen atoms in total. The third-order valence-corrected chi connectivity index (χ3v) is 5.97. The van der Waals surface area contributed by atoms with Crippen LogP contribution in [0.1, 0.15) is 19.8 Å². The number of hydrogen-bond acceptors (Lipinski definition) is 7. The van der Waals surface area contributed by atoms with Crippen molar-refractivity contribution in [3.05, 3.63) is 16.3 Å². The van der Waals surface area contributed by atoms with Gasteiger partial charge in [-0.05, 0) is 24.7 Å². The van der Waals surface area contributed by atoms with Gasteiger partial charge in [-0.3, -0.25) is 14.4 Å². The summed E-state index contributed by atoms with van der Waals surface area (Å²) in [6, 6.07) is 0.777. The fourth-order valence-electron chi connectivity index (χ4n) is 4.55. The Kier molecular flexibility index (Phi) is 4.88. The highest BCUT2D eigenvalue weighted by molar-refractivity contribution is 5.65. The van der Waals surface area contributed by atoms with Gasteiger partial charge in [-0.1, -0.05) is 0 Å². The first-order chi connectivity index (χ1) is 13.3. The van der Waals surface area contributed by atoms with Crippen LogP contribution in [0.25, 0.3) is 0 Å². The van der Waals surface area contributed by atoms with Gasteiger partial charge in [-0.25, -0.2) is 4.79 Å². The number of nitrogens with zero attached hydrogens (tertiary/aromatic N) is 6. The van der Waals surface area contributed by atoms with E-state index in [0.29, 0.717) is 31.7 Å². The van der Waals surface area contributed by atoms with Gasteiger partial charge < -0.3 is 24.9 Å². The number of piperazine rings is 1. The van der Waals surface area contributed by atoms with Gasteiger partial charge in [0, 0.05) is 56.8 Å². The average molecular weight is 394 g/mol. The molecule has 0 radical (unpaired) electrons. The van der Waals surface area contributed by atoms with Gasteiger partial charge in [0.1, 0.15) is 11.8 Å². The van der Waals surface area contributed by atoms with E-state index in [1.807, 2.05) is 6.92 Å². The molecule has 3 aliphatic rings. The summed E-state index contributed by atoms with van der Waals surface area (Å²) in [6.45, 7) is 8.33. The van der Waals surface area contributed by atoms with Crippen LogP contribution in [0, 0.1) is 10.1 Å². The molecular weight excluding hydrogens is 368 g/mol. The van der Waals surface area contributed by atoms with E-state index in [1.165, 1.54) is 11.1 Å². The fourth-order valence-corrected chi connectivity index (χ4v) is 4.55. The van der Waals surface area contributed by atoms with Crippen molar-refractivity contribution in [2.45, 2.75) is 38.0 Å². The van der Waals surface area contributed by atoms with E-state index < -0.39 is 16.6 Å². The van der Waals surface area contributed by atoms with Crippen molar-refractivity contribution < 1.29 is 19.6 Å². The highest BCUT2D eigenvalue weighted by atomic mass is 16.6. The van der Waals surface area contributed by atoms with Crippen LogP contribution in [-0.4, -0.2) is 97.8 Å². The number of aromatic nitrogens is 2. The van der Waals surface area contributed by atoms with E-state index in [2.05, 4.69) is 14.8 Å². The lowest BCUT2D eigenvalue weighted by molar-refractivity contribution is -0.389. The van der Waals surface area contributed by atoms with Crippen molar-refractivity contribution in [3.63, 3.8) is 0 Å². The summed E-state index contributed by atoms with van der Waals surface area (Å²) < 4.78 is 7.65. The maximum absolute atomic E-state index is 11.0. The van der Waals surface area contributed by atoms with Gasteiger partial charge in [-0.2, -0.15) is 0 Å². The predicted molar refractivity (Wildman–Crippen MR) is 98.5 cm³/mol. The second-order valence-corrected chi connectivity index (χ2v) is 8.13. The molecule has 0 saturated carbocycles. The van der Waals surface area contributed by atoms with Gasteiger partial charge >= 0.3 is 17.9 Å². The number of carbonyl (C=O) groups is 1. The van der Waals surface area contributed by atoms with Crippen molar-refractivity contribution in [1.82, 2.24) is 24.3 Å². The quantitative estimate of drug-likeness (QED) is 0.586. The van der Waals surface area contributed by atoms with Crippen LogP contribution in [0.2, 0.25) is 0 Å². The summed E-state index contributed by atoms with van der Waals surface area (Å²) in [5, 5.41) is 19.9. The number of nitro groups is 1. The molecule has 3 aliphatic heterocycles. The molecule has 4 rings (SSSR count). The second kappa shape index (κ2) is 7.21. The minimum Gasteiger partial charge on any atom is -0.465 e. The Balaban J connectivity index is 1.25. The minimum absolute atomic E-state index is 0.181. The highest BCUT2D eigenvalue weighted by Crippen LogP contribution is 2.31. The van der Waals surface area contributed by atoms with Crippen LogP contribution >= 0.6 is 0 Å². The molecule has 1 aromatic heterocycles. The summed E-state index contributed by atoms with van der Waals surface area (Å²) in [5.41, 5.74) is -0.438. The Labute approximate surface area is 162 Å². The summed E-state index contributed by atoms with van der Waals surface area (Å²) in [4.78, 5) is 31.6. The normalized spacial score (nSPS) is 26.8. The van der Waals surface area contributed by atoms with E-state index in [0.717, 1.165) is 45.6 Å². The number of hydrogen-bond donors (Lipinski definition) is 1. The second-order valence-electron chi connectivity index (χ2n) is 8.13. The molecule has 0 spiro atoms. The topological polar surface area (TPSA) is 117 Å². The molecule has 1 amide bonds. The standard InChI is InChI=1S/C17H26N6O5/c1-17(12-22-10-14(23(26)27)18-15(22)28-17)11-19-6-8-20(9-7-19)13-2-4-21(5-3-13)16(24)25/h10,13H,2-9,11-12H2,1H3,(H,24,25)/t17-/m0/s1. The Morgan fingerprint density at radius 1 is 1.32 bits per heavy atom. The van der Waals surface area contributed by atoms with Crippen LogP contribution in [-0.2, 0) is 6.54 Å². The van der Waals surface area contributed by atoms with Gasteiger partial charge in [-0.15, -0.1) is 0 Å². The van der Waals surface area contributed by atoms with E-state index in [4.69, 9.17) is 9.84 Å². The fraction of sp³-hybridized carbons (Fsp3) is 0.765. The zero-order valence-corrected chi connectivity index (χ0v) is 16.0. The number of piperidine rings is 1. The molecule has 1 atom stereocenters. The largest absolute Gasteiger partial charge is 0.465 e. The van der Waals surface area contributed by atoms with E-state index >= 15 is 0 Å². The first-order valence-electron chi connectivity index (χ1n) is 9.68. The SMILES string of the molecule is C[C@]1(CN2CCN(C3CCN(C(=O)O)CC3)CC2)Cn2cc([N+](=O)[O-])nc2O1. The smallest absolute Gasteiger partial charge is 0.415 e. The summed E-state index contributed by atoms with van der Waals surface area (Å²) in [5.74, 6) is -0.181. The molecule has 0 aliphatic carbocycles. The Morgan fingerprint density at radius 2 is 2.00 bits per heavy atom. The molecule has 28 heavy (non-hydrogen) atoms. The predicted octanol–water partition coefficient (Wildman–Crippen LogP) is 0.702. The first kappa shape index (κ1) is 18.9. The van der Waals surface area contributed by atoms with Gasteiger partial charge in [0.25, 0.3) is 0 Å². The van der Waals surface area contributed by atoms with Crippen LogP contribution in [0.4, 0.5) is 10.6 Å². The minimum atomic E-state index is -0.821. The summed E-state index contributed by atoms with van der Waals surface area (Å²) in [7, 11) is 0. The average Bonchev–Trinajstić information content (AvgIpc) is 3.17. The first-order valence-corrected chi connectivity index (χ1v) is 9.68. The molecule has 11 heteroatoms. The zero-order chi connectivity index (χ0) is 19.9. The summed E-state index contributed by atoms with van der Waals surface area (Å²) >= 11 is 0. The van der Waals surface area contributed by atoms with Crippen molar-refractivity contribution in [2.75, 3.05) is 45.8 Å². The van der Waals surface area contributed by atoms with Gasteiger partial charge in [0.2, 0.25) is 0 Å².